The maximum absolute atomic E-state index is 11.9. The molecule has 3 N–H and O–H groups in total. The molecule has 5 nitrogen and oxygen atoms in total. The molecule has 0 aliphatic heterocycles. The van der Waals surface area contributed by atoms with Gasteiger partial charge in [0.25, 0.3) is 0 Å². The van der Waals surface area contributed by atoms with E-state index >= 15 is 0 Å². The molecule has 0 saturated heterocycles. The predicted molar refractivity (Wildman–Crippen MR) is 61.7 cm³/mol. The molecule has 16 heavy (non-hydrogen) atoms. The SMILES string of the molecule is CCN(C(=O)CNC(=O)CN)C1CCCC1. The van der Waals surface area contributed by atoms with Crippen LogP contribution in [0.1, 0.15) is 32.6 Å². The van der Waals surface area contributed by atoms with Crippen molar-refractivity contribution in [3.63, 3.8) is 0 Å². The summed E-state index contributed by atoms with van der Waals surface area (Å²) in [7, 11) is 0. The lowest BCUT2D eigenvalue weighted by atomic mass is 10.2. The molecule has 2 amide bonds. The zero-order valence-corrected chi connectivity index (χ0v) is 9.87. The Morgan fingerprint density at radius 3 is 2.50 bits per heavy atom. The van der Waals surface area contributed by atoms with E-state index in [1.54, 1.807) is 0 Å². The Morgan fingerprint density at radius 2 is 2.00 bits per heavy atom. The van der Waals surface area contributed by atoms with Crippen molar-refractivity contribution in [2.45, 2.75) is 38.6 Å². The van der Waals surface area contributed by atoms with E-state index < -0.39 is 0 Å². The van der Waals surface area contributed by atoms with E-state index in [-0.39, 0.29) is 24.9 Å². The third-order valence-corrected chi connectivity index (χ3v) is 3.05. The first-order valence-corrected chi connectivity index (χ1v) is 5.95. The normalized spacial score (nSPS) is 16.1. The molecule has 0 aromatic heterocycles. The second-order valence-electron chi connectivity index (χ2n) is 4.10. The van der Waals surface area contributed by atoms with Crippen molar-refractivity contribution in [3.8, 4) is 0 Å². The number of carbonyl (C=O) groups is 2. The monoisotopic (exact) mass is 227 g/mol. The lowest BCUT2D eigenvalue weighted by Gasteiger charge is -2.27. The summed E-state index contributed by atoms with van der Waals surface area (Å²) < 4.78 is 0. The van der Waals surface area contributed by atoms with Crippen molar-refractivity contribution in [1.82, 2.24) is 10.2 Å². The van der Waals surface area contributed by atoms with Crippen LogP contribution in [0, 0.1) is 0 Å². The molecule has 1 saturated carbocycles. The van der Waals surface area contributed by atoms with Crippen LogP contribution in [0.2, 0.25) is 0 Å². The molecule has 0 bridgehead atoms. The van der Waals surface area contributed by atoms with Crippen LogP contribution in [0.25, 0.3) is 0 Å². The van der Waals surface area contributed by atoms with E-state index in [2.05, 4.69) is 5.32 Å². The first-order valence-electron chi connectivity index (χ1n) is 5.95. The number of amides is 2. The number of hydrogen-bond acceptors (Lipinski definition) is 3. The summed E-state index contributed by atoms with van der Waals surface area (Å²) in [6.45, 7) is 2.69. The maximum atomic E-state index is 11.9. The van der Waals surface area contributed by atoms with Crippen molar-refractivity contribution < 1.29 is 9.59 Å². The van der Waals surface area contributed by atoms with Gasteiger partial charge in [-0.15, -0.1) is 0 Å². The van der Waals surface area contributed by atoms with E-state index in [4.69, 9.17) is 5.73 Å². The smallest absolute Gasteiger partial charge is 0.242 e. The highest BCUT2D eigenvalue weighted by atomic mass is 16.2. The van der Waals surface area contributed by atoms with Crippen molar-refractivity contribution in [1.29, 1.82) is 0 Å². The Morgan fingerprint density at radius 1 is 1.38 bits per heavy atom. The highest BCUT2D eigenvalue weighted by Gasteiger charge is 2.25. The molecule has 0 spiro atoms. The average molecular weight is 227 g/mol. The molecule has 0 atom stereocenters. The van der Waals surface area contributed by atoms with Gasteiger partial charge < -0.3 is 16.0 Å². The largest absolute Gasteiger partial charge is 0.346 e. The van der Waals surface area contributed by atoms with Gasteiger partial charge in [0.1, 0.15) is 0 Å². The van der Waals surface area contributed by atoms with Gasteiger partial charge >= 0.3 is 0 Å². The summed E-state index contributed by atoms with van der Waals surface area (Å²) >= 11 is 0. The summed E-state index contributed by atoms with van der Waals surface area (Å²) in [4.78, 5) is 24.7. The van der Waals surface area contributed by atoms with Crippen LogP contribution in [-0.4, -0.2) is 42.4 Å². The minimum absolute atomic E-state index is 0.00352. The molecular weight excluding hydrogens is 206 g/mol. The van der Waals surface area contributed by atoms with Crippen molar-refractivity contribution in [2.75, 3.05) is 19.6 Å². The topological polar surface area (TPSA) is 75.4 Å². The van der Waals surface area contributed by atoms with Gasteiger partial charge in [0, 0.05) is 12.6 Å². The standard InChI is InChI=1S/C11H21N3O2/c1-2-14(9-5-3-4-6-9)11(16)8-13-10(15)7-12/h9H,2-8,12H2,1H3,(H,13,15). The second-order valence-corrected chi connectivity index (χ2v) is 4.10. The number of nitrogens with one attached hydrogen (secondary N) is 1. The fourth-order valence-electron chi connectivity index (χ4n) is 2.20. The van der Waals surface area contributed by atoms with Gasteiger partial charge in [0.15, 0.2) is 0 Å². The number of carbonyl (C=O) groups excluding carboxylic acids is 2. The van der Waals surface area contributed by atoms with Gasteiger partial charge in [0.05, 0.1) is 13.1 Å². The summed E-state index contributed by atoms with van der Waals surface area (Å²) in [6.07, 6.45) is 4.57. The predicted octanol–water partition coefficient (Wildman–Crippen LogP) is -0.148. The number of nitrogens with two attached hydrogens (primary N) is 1. The van der Waals surface area contributed by atoms with Gasteiger partial charge in [-0.05, 0) is 19.8 Å². The summed E-state index contributed by atoms with van der Waals surface area (Å²) in [5.41, 5.74) is 5.15. The highest BCUT2D eigenvalue weighted by molar-refractivity contribution is 5.85. The molecule has 1 fully saturated rings. The molecule has 0 aromatic rings. The number of rotatable bonds is 5. The molecule has 0 radical (unpaired) electrons. The lowest BCUT2D eigenvalue weighted by Crippen LogP contribution is -2.45. The Bertz CT molecular complexity index is 250. The fourth-order valence-corrected chi connectivity index (χ4v) is 2.20. The Hall–Kier alpha value is -1.10. The molecule has 5 heteroatoms. The number of hydrogen-bond donors (Lipinski definition) is 2. The summed E-state index contributed by atoms with van der Waals surface area (Å²) in [6, 6.07) is 0.368. The Kier molecular flexibility index (Phi) is 5.25. The van der Waals surface area contributed by atoms with E-state index in [0.717, 1.165) is 12.8 Å². The van der Waals surface area contributed by atoms with Crippen molar-refractivity contribution >= 4 is 11.8 Å². The van der Waals surface area contributed by atoms with Gasteiger partial charge in [-0.25, -0.2) is 0 Å². The van der Waals surface area contributed by atoms with Crippen LogP contribution in [0.4, 0.5) is 0 Å². The van der Waals surface area contributed by atoms with Crippen LogP contribution in [0.5, 0.6) is 0 Å². The molecule has 0 aromatic carbocycles. The minimum atomic E-state index is -0.282. The fraction of sp³-hybridized carbons (Fsp3) is 0.818. The lowest BCUT2D eigenvalue weighted by molar-refractivity contribution is -0.134. The quantitative estimate of drug-likeness (QED) is 0.686. The number of nitrogens with zero attached hydrogens (tertiary/aromatic N) is 1. The first kappa shape index (κ1) is 13.0. The van der Waals surface area contributed by atoms with Gasteiger partial charge in [-0.3, -0.25) is 9.59 Å². The van der Waals surface area contributed by atoms with E-state index in [1.807, 2.05) is 11.8 Å². The van der Waals surface area contributed by atoms with Crippen molar-refractivity contribution in [2.24, 2.45) is 5.73 Å². The molecule has 1 rings (SSSR count). The Labute approximate surface area is 96.4 Å². The average Bonchev–Trinajstić information content (AvgIpc) is 2.80. The van der Waals surface area contributed by atoms with Crippen LogP contribution >= 0.6 is 0 Å². The highest BCUT2D eigenvalue weighted by Crippen LogP contribution is 2.23. The van der Waals surface area contributed by atoms with E-state index in [9.17, 15) is 9.59 Å². The second kappa shape index (κ2) is 6.48. The zero-order valence-electron chi connectivity index (χ0n) is 9.87. The van der Waals surface area contributed by atoms with Gasteiger partial charge in [0.2, 0.25) is 11.8 Å². The molecule has 92 valence electrons. The molecule has 0 unspecified atom stereocenters. The van der Waals surface area contributed by atoms with Gasteiger partial charge in [-0.1, -0.05) is 12.8 Å². The minimum Gasteiger partial charge on any atom is -0.346 e. The van der Waals surface area contributed by atoms with E-state index in [0.29, 0.717) is 12.6 Å². The summed E-state index contributed by atoms with van der Waals surface area (Å²) in [5, 5.41) is 2.52. The Balaban J connectivity index is 2.39. The van der Waals surface area contributed by atoms with E-state index in [1.165, 1.54) is 12.8 Å². The number of likely N-dealkylation sites (N-methyl/N-ethyl adjacent to an activating group) is 1. The van der Waals surface area contributed by atoms with Crippen LogP contribution < -0.4 is 11.1 Å². The van der Waals surface area contributed by atoms with Crippen LogP contribution in [0.15, 0.2) is 0 Å². The van der Waals surface area contributed by atoms with Crippen molar-refractivity contribution in [3.05, 3.63) is 0 Å². The summed E-state index contributed by atoms with van der Waals surface area (Å²) in [5.74, 6) is -0.285. The van der Waals surface area contributed by atoms with Gasteiger partial charge in [-0.2, -0.15) is 0 Å². The van der Waals surface area contributed by atoms with Crippen LogP contribution in [0.3, 0.4) is 0 Å². The van der Waals surface area contributed by atoms with Crippen LogP contribution in [-0.2, 0) is 9.59 Å². The first-order chi connectivity index (χ1) is 7.69. The third kappa shape index (κ3) is 3.48. The molecule has 1 aliphatic carbocycles. The third-order valence-electron chi connectivity index (χ3n) is 3.05. The zero-order chi connectivity index (χ0) is 12.0. The molecular formula is C11H21N3O2. The maximum Gasteiger partial charge on any atom is 0.242 e. The molecule has 1 aliphatic rings. The molecule has 0 heterocycles.